The van der Waals surface area contributed by atoms with E-state index in [1.54, 1.807) is 0 Å². The number of rotatable bonds is 5. The fourth-order valence-corrected chi connectivity index (χ4v) is 2.03. The van der Waals surface area contributed by atoms with Crippen molar-refractivity contribution >= 4 is 5.97 Å². The lowest BCUT2D eigenvalue weighted by atomic mass is 9.92. The van der Waals surface area contributed by atoms with E-state index in [1.807, 2.05) is 6.92 Å². The van der Waals surface area contributed by atoms with Crippen LogP contribution in [0.1, 0.15) is 26.7 Å². The maximum absolute atomic E-state index is 11.2. The number of methoxy groups -OCH3 is 1. The van der Waals surface area contributed by atoms with Crippen molar-refractivity contribution in [1.82, 2.24) is 5.32 Å². The monoisotopic (exact) mass is 229 g/mol. The van der Waals surface area contributed by atoms with Gasteiger partial charge in [-0.15, -0.1) is 0 Å². The summed E-state index contributed by atoms with van der Waals surface area (Å²) >= 11 is 0. The Labute approximate surface area is 97.7 Å². The molecule has 2 atom stereocenters. The Hall–Kier alpha value is -0.610. The van der Waals surface area contributed by atoms with E-state index in [4.69, 9.17) is 9.47 Å². The zero-order valence-corrected chi connectivity index (χ0v) is 10.5. The summed E-state index contributed by atoms with van der Waals surface area (Å²) < 4.78 is 10.0. The topological polar surface area (TPSA) is 47.6 Å². The second-order valence-corrected chi connectivity index (χ2v) is 4.57. The second-order valence-electron chi connectivity index (χ2n) is 4.57. The molecule has 4 nitrogen and oxygen atoms in total. The molecule has 16 heavy (non-hydrogen) atoms. The predicted octanol–water partition coefficient (Wildman–Crippen LogP) is 1.20. The van der Waals surface area contributed by atoms with Crippen LogP contribution in [-0.4, -0.2) is 38.9 Å². The minimum absolute atomic E-state index is 0.0766. The van der Waals surface area contributed by atoms with Crippen LogP contribution in [0.5, 0.6) is 0 Å². The summed E-state index contributed by atoms with van der Waals surface area (Å²) in [5.74, 6) is 0.442. The average molecular weight is 229 g/mol. The van der Waals surface area contributed by atoms with Crippen LogP contribution in [0.25, 0.3) is 0 Å². The van der Waals surface area contributed by atoms with Crippen molar-refractivity contribution in [2.45, 2.75) is 32.7 Å². The van der Waals surface area contributed by atoms with Gasteiger partial charge in [0.15, 0.2) is 0 Å². The molecule has 1 aliphatic rings. The van der Waals surface area contributed by atoms with Gasteiger partial charge in [-0.25, -0.2) is 0 Å². The maximum atomic E-state index is 11.2. The molecule has 0 aromatic heterocycles. The van der Waals surface area contributed by atoms with Gasteiger partial charge in [-0.3, -0.25) is 4.79 Å². The first-order valence-corrected chi connectivity index (χ1v) is 6.04. The van der Waals surface area contributed by atoms with E-state index in [1.165, 1.54) is 7.11 Å². The van der Waals surface area contributed by atoms with Crippen LogP contribution in [0.2, 0.25) is 0 Å². The zero-order valence-electron chi connectivity index (χ0n) is 10.5. The largest absolute Gasteiger partial charge is 0.469 e. The third-order valence-corrected chi connectivity index (χ3v) is 3.32. The van der Waals surface area contributed by atoms with Crippen LogP contribution in [0.4, 0.5) is 0 Å². The summed E-state index contributed by atoms with van der Waals surface area (Å²) in [5, 5.41) is 3.41. The molecule has 4 heteroatoms. The number of esters is 1. The smallest absolute Gasteiger partial charge is 0.309 e. The highest BCUT2D eigenvalue weighted by Crippen LogP contribution is 2.18. The van der Waals surface area contributed by atoms with E-state index in [9.17, 15) is 4.79 Å². The second kappa shape index (κ2) is 6.86. The number of nitrogens with one attached hydrogen (secondary N) is 1. The van der Waals surface area contributed by atoms with Crippen molar-refractivity contribution in [3.8, 4) is 0 Å². The minimum Gasteiger partial charge on any atom is -0.469 e. The molecule has 1 N–H and O–H groups in total. The van der Waals surface area contributed by atoms with Gasteiger partial charge in [0, 0.05) is 25.8 Å². The number of hydrogen-bond acceptors (Lipinski definition) is 4. The van der Waals surface area contributed by atoms with Crippen molar-refractivity contribution in [3.63, 3.8) is 0 Å². The van der Waals surface area contributed by atoms with E-state index in [0.717, 1.165) is 26.1 Å². The average Bonchev–Trinajstić information content (AvgIpc) is 2.35. The van der Waals surface area contributed by atoms with Gasteiger partial charge in [-0.1, -0.05) is 6.92 Å². The summed E-state index contributed by atoms with van der Waals surface area (Å²) in [6.45, 7) is 6.48. The van der Waals surface area contributed by atoms with Gasteiger partial charge < -0.3 is 14.8 Å². The van der Waals surface area contributed by atoms with Gasteiger partial charge in [-0.2, -0.15) is 0 Å². The fraction of sp³-hybridized carbons (Fsp3) is 0.917. The molecule has 0 amide bonds. The predicted molar refractivity (Wildman–Crippen MR) is 62.2 cm³/mol. The molecule has 0 spiro atoms. The van der Waals surface area contributed by atoms with E-state index in [2.05, 4.69) is 12.2 Å². The molecule has 0 saturated carbocycles. The van der Waals surface area contributed by atoms with Gasteiger partial charge in [0.1, 0.15) is 0 Å². The first kappa shape index (κ1) is 13.5. The van der Waals surface area contributed by atoms with E-state index in [-0.39, 0.29) is 11.9 Å². The van der Waals surface area contributed by atoms with Gasteiger partial charge in [0.05, 0.1) is 13.0 Å². The fourth-order valence-electron chi connectivity index (χ4n) is 2.03. The Morgan fingerprint density at radius 3 is 2.62 bits per heavy atom. The Balaban J connectivity index is 2.23. The van der Waals surface area contributed by atoms with Gasteiger partial charge in [-0.05, 0) is 25.7 Å². The molecule has 0 aromatic rings. The van der Waals surface area contributed by atoms with Crippen molar-refractivity contribution < 1.29 is 14.3 Å². The zero-order chi connectivity index (χ0) is 12.0. The Kier molecular flexibility index (Phi) is 5.77. The van der Waals surface area contributed by atoms with Crippen molar-refractivity contribution in [2.75, 3.05) is 26.9 Å². The highest BCUT2D eigenvalue weighted by Gasteiger charge is 2.21. The van der Waals surface area contributed by atoms with Gasteiger partial charge in [0.25, 0.3) is 0 Å². The summed E-state index contributed by atoms with van der Waals surface area (Å²) in [4.78, 5) is 11.2. The van der Waals surface area contributed by atoms with Gasteiger partial charge >= 0.3 is 5.97 Å². The van der Waals surface area contributed by atoms with Crippen molar-refractivity contribution in [3.05, 3.63) is 0 Å². The minimum atomic E-state index is -0.147. The highest BCUT2D eigenvalue weighted by atomic mass is 16.5. The third kappa shape index (κ3) is 4.10. The molecule has 2 unspecified atom stereocenters. The van der Waals surface area contributed by atoms with Crippen LogP contribution < -0.4 is 5.32 Å². The first-order valence-electron chi connectivity index (χ1n) is 6.04. The molecule has 0 bridgehead atoms. The number of carbonyl (C=O) groups is 1. The molecule has 0 aromatic carbocycles. The van der Waals surface area contributed by atoms with E-state index in [0.29, 0.717) is 18.5 Å². The van der Waals surface area contributed by atoms with Crippen LogP contribution >= 0.6 is 0 Å². The Morgan fingerprint density at radius 1 is 1.44 bits per heavy atom. The van der Waals surface area contributed by atoms with Crippen molar-refractivity contribution in [1.29, 1.82) is 0 Å². The SMILES string of the molecule is COC(=O)C(C)CNC(C)C1CCOCC1. The van der Waals surface area contributed by atoms with Crippen molar-refractivity contribution in [2.24, 2.45) is 11.8 Å². The van der Waals surface area contributed by atoms with E-state index >= 15 is 0 Å². The molecule has 1 saturated heterocycles. The van der Waals surface area contributed by atoms with Crippen LogP contribution in [-0.2, 0) is 14.3 Å². The Bertz CT molecular complexity index is 214. The quantitative estimate of drug-likeness (QED) is 0.720. The summed E-state index contributed by atoms with van der Waals surface area (Å²) in [6.07, 6.45) is 2.22. The number of ether oxygens (including phenoxy) is 2. The highest BCUT2D eigenvalue weighted by molar-refractivity contribution is 5.72. The number of hydrogen-bond donors (Lipinski definition) is 1. The van der Waals surface area contributed by atoms with Crippen LogP contribution in [0.3, 0.4) is 0 Å². The molecule has 0 radical (unpaired) electrons. The standard InChI is InChI=1S/C12H23NO3/c1-9(12(14)15-3)8-13-10(2)11-4-6-16-7-5-11/h9-11,13H,4-8H2,1-3H3. The Morgan fingerprint density at radius 2 is 2.06 bits per heavy atom. The van der Waals surface area contributed by atoms with E-state index < -0.39 is 0 Å². The molecular weight excluding hydrogens is 206 g/mol. The third-order valence-electron chi connectivity index (χ3n) is 3.32. The molecule has 1 aliphatic heterocycles. The lowest BCUT2D eigenvalue weighted by Crippen LogP contribution is -2.40. The summed E-state index contributed by atoms with van der Waals surface area (Å²) in [5.41, 5.74) is 0. The van der Waals surface area contributed by atoms with Crippen LogP contribution in [0, 0.1) is 11.8 Å². The lowest BCUT2D eigenvalue weighted by Gasteiger charge is -2.29. The molecule has 94 valence electrons. The normalized spacial score (nSPS) is 21.4. The molecule has 0 aliphatic carbocycles. The maximum Gasteiger partial charge on any atom is 0.309 e. The molecular formula is C12H23NO3. The lowest BCUT2D eigenvalue weighted by molar-refractivity contribution is -0.144. The summed E-state index contributed by atoms with van der Waals surface area (Å²) in [7, 11) is 1.43. The molecule has 1 rings (SSSR count). The summed E-state index contributed by atoms with van der Waals surface area (Å²) in [6, 6.07) is 0.441. The van der Waals surface area contributed by atoms with Gasteiger partial charge in [0.2, 0.25) is 0 Å². The molecule has 1 fully saturated rings. The first-order chi connectivity index (χ1) is 7.65. The van der Waals surface area contributed by atoms with Crippen LogP contribution in [0.15, 0.2) is 0 Å². The molecule has 1 heterocycles. The number of carbonyl (C=O) groups excluding carboxylic acids is 1.